The van der Waals surface area contributed by atoms with Crippen molar-refractivity contribution < 1.29 is 43.5 Å². The molecule has 35 heavy (non-hydrogen) atoms. The molecule has 12 heteroatoms. The Hall–Kier alpha value is -2.26. The molecule has 0 spiro atoms. The second-order valence-electron chi connectivity index (χ2n) is 7.68. The van der Waals surface area contributed by atoms with Gasteiger partial charge in [0.05, 0.1) is 29.9 Å². The fourth-order valence-corrected chi connectivity index (χ4v) is 4.46. The summed E-state index contributed by atoms with van der Waals surface area (Å²) in [6.07, 6.45) is -0.0255. The molecule has 1 aliphatic rings. The number of carbonyl (C=O) groups excluding carboxylic acids is 3. The predicted octanol–water partition coefficient (Wildman–Crippen LogP) is 0.149. The number of hydrogen-bond donors (Lipinski definition) is 3. The van der Waals surface area contributed by atoms with E-state index in [0.717, 1.165) is 0 Å². The molecule has 2 rings (SSSR count). The standard InChI is InChI=1S/C23H31IN2O9/c1-32-7-5-26(20(29)13-33-2)17-10-15(23(31)25-4-6-27)11-18(21(17)30)35-22-16(24)8-14(12-28)9-19(22)34-3/h8-9,11-12,17-18,21,27,30H,4-7,10,13H2,1-3H3,(H,25,31). The van der Waals surface area contributed by atoms with Gasteiger partial charge in [-0.2, -0.15) is 0 Å². The summed E-state index contributed by atoms with van der Waals surface area (Å²) in [6, 6.07) is 2.28. The zero-order chi connectivity index (χ0) is 26.0. The molecule has 0 radical (unpaired) electrons. The SMILES string of the molecule is COCCN(C(=O)COC)C1CC(C(=O)NCCO)=CC(Oc2c(I)cc(C=O)cc2OC)C1O. The van der Waals surface area contributed by atoms with Crippen LogP contribution in [0.3, 0.4) is 0 Å². The molecule has 0 saturated heterocycles. The second kappa shape index (κ2) is 14.3. The van der Waals surface area contributed by atoms with Gasteiger partial charge in [0, 0.05) is 44.9 Å². The highest BCUT2D eigenvalue weighted by Crippen LogP contribution is 2.36. The van der Waals surface area contributed by atoms with Gasteiger partial charge in [0.25, 0.3) is 0 Å². The van der Waals surface area contributed by atoms with E-state index in [1.807, 2.05) is 22.6 Å². The van der Waals surface area contributed by atoms with Crippen molar-refractivity contribution in [2.75, 3.05) is 54.2 Å². The van der Waals surface area contributed by atoms with Crippen molar-refractivity contribution in [2.24, 2.45) is 0 Å². The van der Waals surface area contributed by atoms with Crippen LogP contribution in [0.5, 0.6) is 11.5 Å². The molecule has 0 fully saturated rings. The smallest absolute Gasteiger partial charge is 0.248 e. The molecule has 0 saturated carbocycles. The van der Waals surface area contributed by atoms with Crippen molar-refractivity contribution in [1.82, 2.24) is 10.2 Å². The average molecular weight is 606 g/mol. The van der Waals surface area contributed by atoms with Crippen molar-refractivity contribution in [3.8, 4) is 11.5 Å². The molecular weight excluding hydrogens is 575 g/mol. The van der Waals surface area contributed by atoms with Crippen molar-refractivity contribution in [3.63, 3.8) is 0 Å². The number of aldehydes is 1. The Morgan fingerprint density at radius 3 is 2.60 bits per heavy atom. The molecule has 0 bridgehead atoms. The summed E-state index contributed by atoms with van der Waals surface area (Å²) in [7, 11) is 4.31. The number of halogens is 1. The third kappa shape index (κ3) is 7.61. The fourth-order valence-electron chi connectivity index (χ4n) is 3.71. The second-order valence-corrected chi connectivity index (χ2v) is 8.84. The van der Waals surface area contributed by atoms with E-state index in [1.165, 1.54) is 38.4 Å². The zero-order valence-corrected chi connectivity index (χ0v) is 22.0. The molecule has 0 heterocycles. The first-order valence-electron chi connectivity index (χ1n) is 10.9. The summed E-state index contributed by atoms with van der Waals surface area (Å²) < 4.78 is 22.2. The Morgan fingerprint density at radius 1 is 1.26 bits per heavy atom. The number of nitrogens with one attached hydrogen (secondary N) is 1. The lowest BCUT2D eigenvalue weighted by Gasteiger charge is -2.40. The number of hydrogen-bond acceptors (Lipinski definition) is 9. The van der Waals surface area contributed by atoms with Gasteiger partial charge < -0.3 is 39.4 Å². The van der Waals surface area contributed by atoms with Crippen LogP contribution in [0, 0.1) is 3.57 Å². The lowest BCUT2D eigenvalue weighted by molar-refractivity contribution is -0.143. The van der Waals surface area contributed by atoms with Gasteiger partial charge in [-0.25, -0.2) is 0 Å². The van der Waals surface area contributed by atoms with Crippen LogP contribution in [0.4, 0.5) is 0 Å². The van der Waals surface area contributed by atoms with E-state index < -0.39 is 24.2 Å². The minimum atomic E-state index is -1.21. The van der Waals surface area contributed by atoms with Crippen molar-refractivity contribution in [3.05, 3.63) is 32.9 Å². The summed E-state index contributed by atoms with van der Waals surface area (Å²) in [5.74, 6) is -0.276. The minimum Gasteiger partial charge on any atom is -0.493 e. The molecular formula is C23H31IN2O9. The number of amides is 2. The van der Waals surface area contributed by atoms with E-state index in [2.05, 4.69) is 5.32 Å². The third-order valence-electron chi connectivity index (χ3n) is 5.38. The highest BCUT2D eigenvalue weighted by atomic mass is 127. The quantitative estimate of drug-likeness (QED) is 0.211. The topological polar surface area (TPSA) is 144 Å². The molecule has 3 atom stereocenters. The predicted molar refractivity (Wildman–Crippen MR) is 134 cm³/mol. The van der Waals surface area contributed by atoms with Crippen molar-refractivity contribution >= 4 is 40.7 Å². The molecule has 194 valence electrons. The number of benzene rings is 1. The maximum atomic E-state index is 12.8. The van der Waals surface area contributed by atoms with Crippen LogP contribution < -0.4 is 14.8 Å². The average Bonchev–Trinajstić information content (AvgIpc) is 2.85. The van der Waals surface area contributed by atoms with Gasteiger partial charge in [-0.3, -0.25) is 14.4 Å². The van der Waals surface area contributed by atoms with Gasteiger partial charge in [0.1, 0.15) is 25.1 Å². The Balaban J connectivity index is 2.48. The molecule has 2 amide bonds. The van der Waals surface area contributed by atoms with Crippen LogP contribution in [0.1, 0.15) is 16.8 Å². The Labute approximate surface area is 217 Å². The van der Waals surface area contributed by atoms with Gasteiger partial charge in [-0.05, 0) is 40.8 Å². The summed E-state index contributed by atoms with van der Waals surface area (Å²) in [5.41, 5.74) is 0.668. The minimum absolute atomic E-state index is 0.0454. The number of aliphatic hydroxyl groups is 2. The molecule has 11 nitrogen and oxygen atoms in total. The van der Waals surface area contributed by atoms with E-state index in [1.54, 1.807) is 6.07 Å². The molecule has 1 aromatic rings. The van der Waals surface area contributed by atoms with Crippen molar-refractivity contribution in [2.45, 2.75) is 24.7 Å². The van der Waals surface area contributed by atoms with Crippen LogP contribution in [-0.2, 0) is 19.1 Å². The Bertz CT molecular complexity index is 924. The Morgan fingerprint density at radius 2 is 2.00 bits per heavy atom. The Kier molecular flexibility index (Phi) is 11.9. The third-order valence-corrected chi connectivity index (χ3v) is 6.18. The van der Waals surface area contributed by atoms with Gasteiger partial charge in [0.2, 0.25) is 11.8 Å². The van der Waals surface area contributed by atoms with E-state index >= 15 is 0 Å². The van der Waals surface area contributed by atoms with Gasteiger partial charge in [-0.15, -0.1) is 0 Å². The highest BCUT2D eigenvalue weighted by Gasteiger charge is 2.40. The molecule has 0 aromatic heterocycles. The summed E-state index contributed by atoms with van der Waals surface area (Å²) in [4.78, 5) is 38.2. The first-order valence-corrected chi connectivity index (χ1v) is 11.9. The van der Waals surface area contributed by atoms with Gasteiger partial charge in [0.15, 0.2) is 11.5 Å². The molecule has 3 unspecified atom stereocenters. The maximum Gasteiger partial charge on any atom is 0.248 e. The lowest BCUT2D eigenvalue weighted by atomic mass is 9.88. The number of methoxy groups -OCH3 is 3. The largest absolute Gasteiger partial charge is 0.493 e. The van der Waals surface area contributed by atoms with Gasteiger partial charge >= 0.3 is 0 Å². The summed E-state index contributed by atoms with van der Waals surface area (Å²) in [6.45, 7) is -0.0426. The van der Waals surface area contributed by atoms with E-state index in [-0.39, 0.29) is 62.3 Å². The van der Waals surface area contributed by atoms with Crippen molar-refractivity contribution in [1.29, 1.82) is 0 Å². The molecule has 0 aliphatic heterocycles. The molecule has 1 aliphatic carbocycles. The monoisotopic (exact) mass is 606 g/mol. The first-order chi connectivity index (χ1) is 16.8. The van der Waals surface area contributed by atoms with Crippen LogP contribution in [-0.4, -0.2) is 106 Å². The number of rotatable bonds is 13. The number of nitrogens with zero attached hydrogens (tertiary/aromatic N) is 1. The van der Waals surface area contributed by atoms with E-state index in [9.17, 15) is 19.5 Å². The zero-order valence-electron chi connectivity index (χ0n) is 19.9. The summed E-state index contributed by atoms with van der Waals surface area (Å²) in [5, 5.41) is 23.0. The first kappa shape index (κ1) is 29.0. The van der Waals surface area contributed by atoms with E-state index in [0.29, 0.717) is 15.4 Å². The number of aliphatic hydroxyl groups excluding tert-OH is 2. The molecule has 3 N–H and O–H groups in total. The van der Waals surface area contributed by atoms with Crippen LogP contribution in [0.25, 0.3) is 0 Å². The van der Waals surface area contributed by atoms with Crippen LogP contribution >= 0.6 is 22.6 Å². The van der Waals surface area contributed by atoms with Crippen LogP contribution in [0.2, 0.25) is 0 Å². The normalized spacial score (nSPS) is 19.5. The number of carbonyl (C=O) groups is 3. The number of ether oxygens (including phenoxy) is 4. The molecule has 1 aromatic carbocycles. The van der Waals surface area contributed by atoms with Crippen LogP contribution in [0.15, 0.2) is 23.8 Å². The lowest BCUT2D eigenvalue weighted by Crippen LogP contribution is -2.56. The van der Waals surface area contributed by atoms with E-state index in [4.69, 9.17) is 24.1 Å². The maximum absolute atomic E-state index is 12.8. The van der Waals surface area contributed by atoms with Gasteiger partial charge in [-0.1, -0.05) is 0 Å². The summed E-state index contributed by atoms with van der Waals surface area (Å²) >= 11 is 1.99. The fraction of sp³-hybridized carbons (Fsp3) is 0.522. The highest BCUT2D eigenvalue weighted by molar-refractivity contribution is 14.1.